The standard InChI is InChI=1S/C22H26N2O6S2/c1-5-30-12-11-24-17-13-18(28-3)19(29-4)14-20(17)31-22(24)23-21(25)15-7-9-16(10-8-15)32(26,27)6-2/h7-10,13-14H,5-6,11-12H2,1-4H3. The van der Waals surface area contributed by atoms with E-state index in [1.54, 1.807) is 21.1 Å². The minimum atomic E-state index is -3.33. The fourth-order valence-electron chi connectivity index (χ4n) is 3.12. The van der Waals surface area contributed by atoms with E-state index in [4.69, 9.17) is 14.2 Å². The van der Waals surface area contributed by atoms with Crippen LogP contribution in [0.5, 0.6) is 11.5 Å². The molecule has 2 aromatic carbocycles. The molecule has 0 fully saturated rings. The van der Waals surface area contributed by atoms with Crippen molar-refractivity contribution in [1.29, 1.82) is 0 Å². The molecule has 0 radical (unpaired) electrons. The predicted octanol–water partition coefficient (Wildman–Crippen LogP) is 3.29. The molecule has 0 unspecified atom stereocenters. The van der Waals surface area contributed by atoms with E-state index in [2.05, 4.69) is 4.99 Å². The highest BCUT2D eigenvalue weighted by molar-refractivity contribution is 7.91. The minimum Gasteiger partial charge on any atom is -0.493 e. The van der Waals surface area contributed by atoms with E-state index < -0.39 is 15.7 Å². The Labute approximate surface area is 191 Å². The molecular weight excluding hydrogens is 452 g/mol. The number of ether oxygens (including phenoxy) is 3. The summed E-state index contributed by atoms with van der Waals surface area (Å²) in [6, 6.07) is 9.54. The van der Waals surface area contributed by atoms with E-state index in [1.165, 1.54) is 35.6 Å². The molecule has 3 rings (SSSR count). The third kappa shape index (κ3) is 5.03. The molecule has 32 heavy (non-hydrogen) atoms. The largest absolute Gasteiger partial charge is 0.493 e. The Kier molecular flexibility index (Phi) is 7.70. The second-order valence-corrected chi connectivity index (χ2v) is 10.0. The molecule has 1 amide bonds. The molecule has 172 valence electrons. The molecule has 0 aliphatic rings. The quantitative estimate of drug-likeness (QED) is 0.438. The maximum absolute atomic E-state index is 12.8. The zero-order chi connectivity index (χ0) is 23.3. The van der Waals surface area contributed by atoms with Crippen molar-refractivity contribution in [2.75, 3.05) is 33.2 Å². The Bertz CT molecular complexity index is 1270. The average Bonchev–Trinajstić information content (AvgIpc) is 3.14. The number of fused-ring (bicyclic) bond motifs is 1. The van der Waals surface area contributed by atoms with Gasteiger partial charge in [-0.1, -0.05) is 18.3 Å². The van der Waals surface area contributed by atoms with Crippen molar-refractivity contribution in [2.45, 2.75) is 25.3 Å². The predicted molar refractivity (Wildman–Crippen MR) is 123 cm³/mol. The Hall–Kier alpha value is -2.69. The lowest BCUT2D eigenvalue weighted by atomic mass is 10.2. The number of aromatic nitrogens is 1. The van der Waals surface area contributed by atoms with Crippen molar-refractivity contribution in [3.05, 3.63) is 46.8 Å². The van der Waals surface area contributed by atoms with Crippen molar-refractivity contribution in [1.82, 2.24) is 4.57 Å². The number of thiazole rings is 1. The van der Waals surface area contributed by atoms with E-state index in [9.17, 15) is 13.2 Å². The molecular formula is C22H26N2O6S2. The molecule has 0 bridgehead atoms. The SMILES string of the molecule is CCOCCn1c(=NC(=O)c2ccc(S(=O)(=O)CC)cc2)sc2cc(OC)c(OC)cc21. The lowest BCUT2D eigenvalue weighted by Crippen LogP contribution is -2.19. The third-order valence-electron chi connectivity index (χ3n) is 4.89. The maximum atomic E-state index is 12.8. The molecule has 0 aliphatic carbocycles. The highest BCUT2D eigenvalue weighted by Crippen LogP contribution is 2.33. The number of amides is 1. The third-order valence-corrected chi connectivity index (χ3v) is 7.68. The van der Waals surface area contributed by atoms with Crippen LogP contribution in [0.1, 0.15) is 24.2 Å². The minimum absolute atomic E-state index is 0.000785. The number of benzene rings is 2. The zero-order valence-corrected chi connectivity index (χ0v) is 20.1. The summed E-state index contributed by atoms with van der Waals surface area (Å²) in [5.41, 5.74) is 1.16. The van der Waals surface area contributed by atoms with Crippen LogP contribution in [0.3, 0.4) is 0 Å². The number of hydrogen-bond acceptors (Lipinski definition) is 7. The number of nitrogens with zero attached hydrogens (tertiary/aromatic N) is 2. The van der Waals surface area contributed by atoms with Crippen molar-refractivity contribution >= 4 is 37.3 Å². The van der Waals surface area contributed by atoms with Gasteiger partial charge in [-0.2, -0.15) is 4.99 Å². The maximum Gasteiger partial charge on any atom is 0.279 e. The monoisotopic (exact) mass is 478 g/mol. The van der Waals surface area contributed by atoms with Gasteiger partial charge in [0, 0.05) is 30.8 Å². The summed E-state index contributed by atoms with van der Waals surface area (Å²) < 4.78 is 43.1. The van der Waals surface area contributed by atoms with Crippen molar-refractivity contribution < 1.29 is 27.4 Å². The molecule has 8 nitrogen and oxygen atoms in total. The number of hydrogen-bond donors (Lipinski definition) is 0. The van der Waals surface area contributed by atoms with E-state index in [0.717, 1.165) is 10.2 Å². The smallest absolute Gasteiger partial charge is 0.279 e. The number of carbonyl (C=O) groups excluding carboxylic acids is 1. The summed E-state index contributed by atoms with van der Waals surface area (Å²) in [6.45, 7) is 5.04. The molecule has 0 aliphatic heterocycles. The summed E-state index contributed by atoms with van der Waals surface area (Å²) in [5, 5.41) is 0. The molecule has 1 heterocycles. The molecule has 0 N–H and O–H groups in total. The number of sulfone groups is 1. The first-order valence-corrected chi connectivity index (χ1v) is 12.6. The Morgan fingerprint density at radius 2 is 1.72 bits per heavy atom. The zero-order valence-electron chi connectivity index (χ0n) is 18.5. The van der Waals surface area contributed by atoms with Crippen LogP contribution in [0.4, 0.5) is 0 Å². The summed E-state index contributed by atoms with van der Waals surface area (Å²) in [4.78, 5) is 17.9. The first-order chi connectivity index (χ1) is 15.3. The average molecular weight is 479 g/mol. The normalized spacial score (nSPS) is 12.3. The number of rotatable bonds is 9. The number of methoxy groups -OCH3 is 2. The molecule has 3 aromatic rings. The van der Waals surface area contributed by atoms with Gasteiger partial charge in [-0.25, -0.2) is 8.42 Å². The lowest BCUT2D eigenvalue weighted by molar-refractivity contribution is 0.0996. The topological polar surface area (TPSA) is 96.2 Å². The van der Waals surface area contributed by atoms with Crippen LogP contribution < -0.4 is 14.3 Å². The van der Waals surface area contributed by atoms with Gasteiger partial charge in [0.25, 0.3) is 5.91 Å². The van der Waals surface area contributed by atoms with Gasteiger partial charge in [0.05, 0.1) is 41.7 Å². The van der Waals surface area contributed by atoms with Crippen molar-refractivity contribution in [3.63, 3.8) is 0 Å². The molecule has 0 saturated carbocycles. The van der Waals surface area contributed by atoms with Crippen LogP contribution in [-0.4, -0.2) is 52.1 Å². The van der Waals surface area contributed by atoms with Gasteiger partial charge in [-0.15, -0.1) is 0 Å². The summed E-state index contributed by atoms with van der Waals surface area (Å²) in [5.74, 6) is 0.706. The Morgan fingerprint density at radius 3 is 2.31 bits per heavy atom. The van der Waals surface area contributed by atoms with Gasteiger partial charge in [-0.05, 0) is 31.2 Å². The van der Waals surface area contributed by atoms with Crippen LogP contribution in [-0.2, 0) is 21.1 Å². The molecule has 0 spiro atoms. The van der Waals surface area contributed by atoms with Gasteiger partial charge >= 0.3 is 0 Å². The van der Waals surface area contributed by atoms with E-state index in [1.807, 2.05) is 23.6 Å². The number of carbonyl (C=O) groups is 1. The molecule has 10 heteroatoms. The fraction of sp³-hybridized carbons (Fsp3) is 0.364. The Morgan fingerprint density at radius 1 is 1.06 bits per heavy atom. The van der Waals surface area contributed by atoms with Crippen LogP contribution in [0, 0.1) is 0 Å². The van der Waals surface area contributed by atoms with Crippen LogP contribution in [0.2, 0.25) is 0 Å². The van der Waals surface area contributed by atoms with E-state index in [0.29, 0.717) is 41.6 Å². The van der Waals surface area contributed by atoms with Crippen molar-refractivity contribution in [3.8, 4) is 11.5 Å². The van der Waals surface area contributed by atoms with Crippen LogP contribution in [0.25, 0.3) is 10.2 Å². The highest BCUT2D eigenvalue weighted by atomic mass is 32.2. The van der Waals surface area contributed by atoms with Gasteiger partial charge < -0.3 is 18.8 Å². The van der Waals surface area contributed by atoms with Crippen molar-refractivity contribution in [2.24, 2.45) is 4.99 Å². The second-order valence-electron chi connectivity index (χ2n) is 6.75. The van der Waals surface area contributed by atoms with Gasteiger partial charge in [0.1, 0.15) is 0 Å². The van der Waals surface area contributed by atoms with Gasteiger partial charge in [-0.3, -0.25) is 4.79 Å². The summed E-state index contributed by atoms with van der Waals surface area (Å²) in [6.07, 6.45) is 0. The van der Waals surface area contributed by atoms with Gasteiger partial charge in [0.15, 0.2) is 26.1 Å². The first kappa shape index (κ1) is 24.0. The summed E-state index contributed by atoms with van der Waals surface area (Å²) in [7, 11) is -0.197. The Balaban J connectivity index is 2.07. The second kappa shape index (κ2) is 10.3. The summed E-state index contributed by atoms with van der Waals surface area (Å²) >= 11 is 1.35. The molecule has 1 aromatic heterocycles. The fourth-order valence-corrected chi connectivity index (χ4v) is 5.07. The van der Waals surface area contributed by atoms with Gasteiger partial charge in [0.2, 0.25) is 0 Å². The van der Waals surface area contributed by atoms with Crippen LogP contribution in [0.15, 0.2) is 46.3 Å². The lowest BCUT2D eigenvalue weighted by Gasteiger charge is -2.09. The van der Waals surface area contributed by atoms with Crippen LogP contribution >= 0.6 is 11.3 Å². The molecule has 0 atom stereocenters. The van der Waals surface area contributed by atoms with E-state index >= 15 is 0 Å². The van der Waals surface area contributed by atoms with E-state index in [-0.39, 0.29) is 10.6 Å². The first-order valence-electron chi connectivity index (χ1n) is 10.1. The highest BCUT2D eigenvalue weighted by Gasteiger charge is 2.15. The molecule has 0 saturated heterocycles.